The van der Waals surface area contributed by atoms with Crippen LogP contribution < -0.4 is 5.69 Å². The van der Waals surface area contributed by atoms with Crippen molar-refractivity contribution in [2.24, 2.45) is 0 Å². The van der Waals surface area contributed by atoms with E-state index < -0.39 is 0 Å². The minimum absolute atomic E-state index is 0.262. The Morgan fingerprint density at radius 1 is 1.37 bits per heavy atom. The number of fused-ring (bicyclic) bond motifs is 1. The topological polar surface area (TPSA) is 96.8 Å². The summed E-state index contributed by atoms with van der Waals surface area (Å²) in [5, 5.41) is 3.88. The maximum absolute atomic E-state index is 11.3. The molecule has 0 saturated heterocycles. The second-order valence-electron chi connectivity index (χ2n) is 4.07. The van der Waals surface area contributed by atoms with Crippen LogP contribution in [0.4, 0.5) is 0 Å². The molecule has 0 radical (unpaired) electrons. The second kappa shape index (κ2) is 4.69. The van der Waals surface area contributed by atoms with E-state index in [0.29, 0.717) is 41.3 Å². The van der Waals surface area contributed by atoms with Crippen LogP contribution in [0.1, 0.15) is 5.82 Å². The van der Waals surface area contributed by atoms with Crippen LogP contribution in [-0.2, 0) is 11.2 Å². The van der Waals surface area contributed by atoms with Crippen LogP contribution in [0.25, 0.3) is 22.5 Å². The summed E-state index contributed by atoms with van der Waals surface area (Å²) in [4.78, 5) is 21.0. The van der Waals surface area contributed by atoms with Gasteiger partial charge in [-0.05, 0) is 12.1 Å². The third-order valence-electron chi connectivity index (χ3n) is 2.78. The first-order chi connectivity index (χ1) is 9.28. The third kappa shape index (κ3) is 2.15. The van der Waals surface area contributed by atoms with Crippen molar-refractivity contribution in [3.8, 4) is 11.5 Å². The normalized spacial score (nSPS) is 11.2. The lowest BCUT2D eigenvalue weighted by Gasteiger charge is -1.95. The van der Waals surface area contributed by atoms with Crippen molar-refractivity contribution in [2.75, 3.05) is 13.7 Å². The number of ether oxygens (including phenoxy) is 1. The number of nitrogens with one attached hydrogen (secondary N) is 2. The van der Waals surface area contributed by atoms with Crippen LogP contribution in [0.2, 0.25) is 0 Å². The average molecular weight is 260 g/mol. The van der Waals surface area contributed by atoms with Gasteiger partial charge < -0.3 is 19.2 Å². The molecular formula is C12H12N4O3. The minimum Gasteiger partial charge on any atom is -0.384 e. The predicted octanol–water partition coefficient (Wildman–Crippen LogP) is 1.10. The van der Waals surface area contributed by atoms with Gasteiger partial charge in [0.15, 0.2) is 5.82 Å². The molecule has 2 N–H and O–H groups in total. The zero-order valence-electron chi connectivity index (χ0n) is 10.3. The van der Waals surface area contributed by atoms with Crippen molar-refractivity contribution in [1.82, 2.24) is 20.1 Å². The van der Waals surface area contributed by atoms with E-state index in [2.05, 4.69) is 20.1 Å². The van der Waals surface area contributed by atoms with E-state index >= 15 is 0 Å². The number of rotatable bonds is 4. The summed E-state index contributed by atoms with van der Waals surface area (Å²) in [5.41, 5.74) is 1.81. The number of methoxy groups -OCH3 is 1. The SMILES string of the molecule is COCCc1noc(-c2cccc3[nH]c(=O)[nH]c23)n1. The first-order valence-electron chi connectivity index (χ1n) is 5.81. The maximum Gasteiger partial charge on any atom is 0.323 e. The highest BCUT2D eigenvalue weighted by atomic mass is 16.5. The number of H-pyrrole nitrogens is 2. The monoisotopic (exact) mass is 260 g/mol. The summed E-state index contributed by atoms with van der Waals surface area (Å²) in [7, 11) is 1.62. The fraction of sp³-hybridized carbons (Fsp3) is 0.250. The van der Waals surface area contributed by atoms with E-state index in [4.69, 9.17) is 9.26 Å². The molecular weight excluding hydrogens is 248 g/mol. The molecule has 0 unspecified atom stereocenters. The summed E-state index contributed by atoms with van der Waals surface area (Å²) < 4.78 is 10.2. The number of benzene rings is 1. The molecule has 0 fully saturated rings. The van der Waals surface area contributed by atoms with Crippen LogP contribution in [0.3, 0.4) is 0 Å². The molecule has 7 nitrogen and oxygen atoms in total. The molecule has 2 heterocycles. The second-order valence-corrected chi connectivity index (χ2v) is 4.07. The molecule has 0 aliphatic heterocycles. The molecule has 0 spiro atoms. The van der Waals surface area contributed by atoms with Gasteiger partial charge in [0.05, 0.1) is 23.2 Å². The predicted molar refractivity (Wildman–Crippen MR) is 67.8 cm³/mol. The molecule has 2 aromatic heterocycles. The van der Waals surface area contributed by atoms with Gasteiger partial charge in [0, 0.05) is 13.5 Å². The van der Waals surface area contributed by atoms with Gasteiger partial charge in [0.25, 0.3) is 5.89 Å². The Morgan fingerprint density at radius 3 is 3.11 bits per heavy atom. The van der Waals surface area contributed by atoms with Gasteiger partial charge in [0.1, 0.15) is 0 Å². The molecule has 3 aromatic rings. The van der Waals surface area contributed by atoms with E-state index in [1.807, 2.05) is 12.1 Å². The lowest BCUT2D eigenvalue weighted by Crippen LogP contribution is -1.99. The maximum atomic E-state index is 11.3. The van der Waals surface area contributed by atoms with Gasteiger partial charge in [-0.3, -0.25) is 0 Å². The molecule has 0 atom stereocenters. The van der Waals surface area contributed by atoms with Crippen molar-refractivity contribution in [3.63, 3.8) is 0 Å². The van der Waals surface area contributed by atoms with Crippen LogP contribution in [0, 0.1) is 0 Å². The highest BCUT2D eigenvalue weighted by Crippen LogP contribution is 2.24. The Morgan fingerprint density at radius 2 is 2.26 bits per heavy atom. The highest BCUT2D eigenvalue weighted by Gasteiger charge is 2.13. The largest absolute Gasteiger partial charge is 0.384 e. The fourth-order valence-corrected chi connectivity index (χ4v) is 1.89. The number of aromatic nitrogens is 4. The van der Waals surface area contributed by atoms with Crippen molar-refractivity contribution in [1.29, 1.82) is 0 Å². The molecule has 7 heteroatoms. The Balaban J connectivity index is 2.03. The minimum atomic E-state index is -0.262. The summed E-state index contributed by atoms with van der Waals surface area (Å²) in [5.74, 6) is 0.957. The molecule has 1 aromatic carbocycles. The summed E-state index contributed by atoms with van der Waals surface area (Å²) in [6.07, 6.45) is 0.583. The Bertz CT molecular complexity index is 756. The standard InChI is InChI=1S/C12H12N4O3/c1-18-6-5-9-14-11(19-16-9)7-3-2-4-8-10(7)15-12(17)13-8/h2-4H,5-6H2,1H3,(H2,13,15,17). The molecule has 0 aliphatic carbocycles. The Labute approximate surface area is 107 Å². The number of para-hydroxylation sites is 1. The molecule has 0 amide bonds. The van der Waals surface area contributed by atoms with E-state index in [0.717, 1.165) is 0 Å². The smallest absolute Gasteiger partial charge is 0.323 e. The Kier molecular flexibility index (Phi) is 2.88. The number of imidazole rings is 1. The molecule has 3 rings (SSSR count). The highest BCUT2D eigenvalue weighted by molar-refractivity contribution is 5.88. The molecule has 0 aliphatic rings. The Hall–Kier alpha value is -2.41. The van der Waals surface area contributed by atoms with Crippen LogP contribution in [0.5, 0.6) is 0 Å². The van der Waals surface area contributed by atoms with Crippen molar-refractivity contribution in [3.05, 3.63) is 34.5 Å². The number of hydrogen-bond acceptors (Lipinski definition) is 5. The quantitative estimate of drug-likeness (QED) is 0.732. The van der Waals surface area contributed by atoms with E-state index in [-0.39, 0.29) is 5.69 Å². The average Bonchev–Trinajstić information content (AvgIpc) is 3.00. The summed E-state index contributed by atoms with van der Waals surface area (Å²) in [6, 6.07) is 5.44. The van der Waals surface area contributed by atoms with Crippen LogP contribution >= 0.6 is 0 Å². The molecule has 0 saturated carbocycles. The fourth-order valence-electron chi connectivity index (χ4n) is 1.89. The zero-order valence-corrected chi connectivity index (χ0v) is 10.3. The van der Waals surface area contributed by atoms with Gasteiger partial charge in [-0.15, -0.1) is 0 Å². The lowest BCUT2D eigenvalue weighted by atomic mass is 10.2. The first kappa shape index (κ1) is 11.7. The first-order valence-corrected chi connectivity index (χ1v) is 5.81. The van der Waals surface area contributed by atoms with E-state index in [1.54, 1.807) is 13.2 Å². The number of hydrogen-bond donors (Lipinski definition) is 2. The summed E-state index contributed by atoms with van der Waals surface area (Å²) >= 11 is 0. The van der Waals surface area contributed by atoms with Crippen LogP contribution in [-0.4, -0.2) is 33.8 Å². The van der Waals surface area contributed by atoms with Gasteiger partial charge in [-0.25, -0.2) is 4.79 Å². The van der Waals surface area contributed by atoms with Crippen molar-refractivity contribution >= 4 is 11.0 Å². The lowest BCUT2D eigenvalue weighted by molar-refractivity contribution is 0.199. The van der Waals surface area contributed by atoms with Gasteiger partial charge in [0.2, 0.25) is 0 Å². The van der Waals surface area contributed by atoms with Gasteiger partial charge in [-0.2, -0.15) is 4.98 Å². The van der Waals surface area contributed by atoms with Crippen LogP contribution in [0.15, 0.2) is 27.5 Å². The van der Waals surface area contributed by atoms with Crippen molar-refractivity contribution in [2.45, 2.75) is 6.42 Å². The van der Waals surface area contributed by atoms with Gasteiger partial charge in [-0.1, -0.05) is 11.2 Å². The molecule has 98 valence electrons. The van der Waals surface area contributed by atoms with E-state index in [1.165, 1.54) is 0 Å². The molecule has 0 bridgehead atoms. The number of nitrogens with zero attached hydrogens (tertiary/aromatic N) is 2. The number of aromatic amines is 2. The molecule has 19 heavy (non-hydrogen) atoms. The third-order valence-corrected chi connectivity index (χ3v) is 2.78. The van der Waals surface area contributed by atoms with E-state index in [9.17, 15) is 4.79 Å². The zero-order chi connectivity index (χ0) is 13.2. The summed E-state index contributed by atoms with van der Waals surface area (Å²) in [6.45, 7) is 0.532. The van der Waals surface area contributed by atoms with Gasteiger partial charge >= 0.3 is 5.69 Å². The van der Waals surface area contributed by atoms with Crippen molar-refractivity contribution < 1.29 is 9.26 Å².